The van der Waals surface area contributed by atoms with E-state index in [2.05, 4.69) is 24.1 Å². The standard InChI is InChI=1S/C15H30N2O/c1-4-6-13-8-9-15(18)17(11-10-13)12-14(16-3)7-5-2/h13-14,16H,4-12H2,1-3H3. The summed E-state index contributed by atoms with van der Waals surface area (Å²) in [7, 11) is 2.00. The summed E-state index contributed by atoms with van der Waals surface area (Å²) in [5.74, 6) is 1.13. The molecule has 18 heavy (non-hydrogen) atoms. The summed E-state index contributed by atoms with van der Waals surface area (Å²) in [5, 5.41) is 3.33. The average Bonchev–Trinajstić information content (AvgIpc) is 2.54. The van der Waals surface area contributed by atoms with Crippen LogP contribution in [0.3, 0.4) is 0 Å². The van der Waals surface area contributed by atoms with Crippen LogP contribution in [0.15, 0.2) is 0 Å². The second-order valence-electron chi connectivity index (χ2n) is 5.60. The summed E-state index contributed by atoms with van der Waals surface area (Å²) in [5.41, 5.74) is 0. The lowest BCUT2D eigenvalue weighted by Gasteiger charge is -2.26. The highest BCUT2D eigenvalue weighted by Gasteiger charge is 2.23. The van der Waals surface area contributed by atoms with Gasteiger partial charge in [0.05, 0.1) is 0 Å². The number of carbonyl (C=O) groups excluding carboxylic acids is 1. The smallest absolute Gasteiger partial charge is 0.222 e. The van der Waals surface area contributed by atoms with Crippen LogP contribution in [-0.2, 0) is 4.79 Å². The Morgan fingerprint density at radius 2 is 2.11 bits per heavy atom. The zero-order valence-electron chi connectivity index (χ0n) is 12.4. The van der Waals surface area contributed by atoms with E-state index in [0.29, 0.717) is 11.9 Å². The molecular weight excluding hydrogens is 224 g/mol. The monoisotopic (exact) mass is 254 g/mol. The molecule has 1 fully saturated rings. The number of nitrogens with one attached hydrogen (secondary N) is 1. The minimum atomic E-state index is 0.366. The van der Waals surface area contributed by atoms with Crippen LogP contribution in [-0.4, -0.2) is 37.0 Å². The maximum Gasteiger partial charge on any atom is 0.222 e. The van der Waals surface area contributed by atoms with Crippen molar-refractivity contribution in [2.75, 3.05) is 20.1 Å². The molecule has 1 amide bonds. The highest BCUT2D eigenvalue weighted by atomic mass is 16.2. The van der Waals surface area contributed by atoms with Gasteiger partial charge in [0, 0.05) is 25.6 Å². The number of hydrogen-bond donors (Lipinski definition) is 1. The van der Waals surface area contributed by atoms with Gasteiger partial charge in [-0.15, -0.1) is 0 Å². The molecule has 0 aromatic carbocycles. The van der Waals surface area contributed by atoms with Crippen LogP contribution >= 0.6 is 0 Å². The van der Waals surface area contributed by atoms with Gasteiger partial charge in [-0.2, -0.15) is 0 Å². The van der Waals surface area contributed by atoms with Gasteiger partial charge >= 0.3 is 0 Å². The van der Waals surface area contributed by atoms with Crippen molar-refractivity contribution >= 4 is 5.91 Å². The van der Waals surface area contributed by atoms with Crippen LogP contribution in [0.5, 0.6) is 0 Å². The second-order valence-corrected chi connectivity index (χ2v) is 5.60. The molecule has 1 aliphatic rings. The SMILES string of the molecule is CCCC1CCC(=O)N(CC(CCC)NC)CC1. The molecule has 0 aliphatic carbocycles. The van der Waals surface area contributed by atoms with Gasteiger partial charge in [0.1, 0.15) is 0 Å². The molecule has 1 N–H and O–H groups in total. The van der Waals surface area contributed by atoms with Crippen molar-refractivity contribution < 1.29 is 4.79 Å². The third-order valence-corrected chi connectivity index (χ3v) is 4.11. The Bertz CT molecular complexity index is 243. The van der Waals surface area contributed by atoms with E-state index in [4.69, 9.17) is 0 Å². The third kappa shape index (κ3) is 4.97. The molecule has 3 nitrogen and oxygen atoms in total. The van der Waals surface area contributed by atoms with Crippen LogP contribution in [0.4, 0.5) is 0 Å². The third-order valence-electron chi connectivity index (χ3n) is 4.11. The van der Waals surface area contributed by atoms with E-state index in [1.54, 1.807) is 0 Å². The van der Waals surface area contributed by atoms with E-state index < -0.39 is 0 Å². The first-order chi connectivity index (χ1) is 8.71. The normalized spacial score (nSPS) is 22.9. The van der Waals surface area contributed by atoms with Gasteiger partial charge in [0.15, 0.2) is 0 Å². The van der Waals surface area contributed by atoms with E-state index >= 15 is 0 Å². The summed E-state index contributed by atoms with van der Waals surface area (Å²) in [4.78, 5) is 14.2. The van der Waals surface area contributed by atoms with Gasteiger partial charge in [0.2, 0.25) is 5.91 Å². The molecule has 106 valence electrons. The Morgan fingerprint density at radius 3 is 2.72 bits per heavy atom. The molecule has 0 bridgehead atoms. The van der Waals surface area contributed by atoms with Gasteiger partial charge in [-0.3, -0.25) is 4.79 Å². The number of carbonyl (C=O) groups is 1. The fraction of sp³-hybridized carbons (Fsp3) is 0.933. The molecule has 0 saturated carbocycles. The summed E-state index contributed by atoms with van der Waals surface area (Å²) in [6.07, 6.45) is 7.90. The van der Waals surface area contributed by atoms with Gasteiger partial charge < -0.3 is 10.2 Å². The number of likely N-dealkylation sites (tertiary alicyclic amines) is 1. The van der Waals surface area contributed by atoms with Crippen LogP contribution in [0.2, 0.25) is 0 Å². The Hall–Kier alpha value is -0.570. The summed E-state index contributed by atoms with van der Waals surface area (Å²) in [6, 6.07) is 0.460. The fourth-order valence-corrected chi connectivity index (χ4v) is 2.92. The largest absolute Gasteiger partial charge is 0.341 e. The van der Waals surface area contributed by atoms with Crippen molar-refractivity contribution in [2.45, 2.75) is 64.8 Å². The van der Waals surface area contributed by atoms with Gasteiger partial charge in [-0.05, 0) is 32.2 Å². The van der Waals surface area contributed by atoms with Crippen molar-refractivity contribution in [3.63, 3.8) is 0 Å². The van der Waals surface area contributed by atoms with Crippen molar-refractivity contribution in [2.24, 2.45) is 5.92 Å². The van der Waals surface area contributed by atoms with Crippen LogP contribution in [0.25, 0.3) is 0 Å². The molecule has 0 aromatic rings. The molecule has 0 radical (unpaired) electrons. The zero-order valence-corrected chi connectivity index (χ0v) is 12.4. The fourth-order valence-electron chi connectivity index (χ4n) is 2.92. The molecule has 0 spiro atoms. The number of nitrogens with zero attached hydrogens (tertiary/aromatic N) is 1. The molecule has 3 heteroatoms. The van der Waals surface area contributed by atoms with Crippen LogP contribution in [0, 0.1) is 5.92 Å². The Morgan fingerprint density at radius 1 is 1.33 bits per heavy atom. The lowest BCUT2D eigenvalue weighted by Crippen LogP contribution is -2.42. The summed E-state index contributed by atoms with van der Waals surface area (Å²) < 4.78 is 0. The van der Waals surface area contributed by atoms with Gasteiger partial charge in [-0.25, -0.2) is 0 Å². The van der Waals surface area contributed by atoms with Crippen molar-refractivity contribution in [1.29, 1.82) is 0 Å². The van der Waals surface area contributed by atoms with Gasteiger partial charge in [-0.1, -0.05) is 33.1 Å². The van der Waals surface area contributed by atoms with Crippen LogP contribution < -0.4 is 5.32 Å². The van der Waals surface area contributed by atoms with E-state index in [1.165, 1.54) is 25.7 Å². The second kappa shape index (κ2) is 8.52. The topological polar surface area (TPSA) is 32.3 Å². The minimum absolute atomic E-state index is 0.366. The lowest BCUT2D eigenvalue weighted by atomic mass is 9.96. The number of rotatable bonds is 7. The highest BCUT2D eigenvalue weighted by molar-refractivity contribution is 5.76. The first-order valence-electron chi connectivity index (χ1n) is 7.66. The molecule has 2 unspecified atom stereocenters. The van der Waals surface area contributed by atoms with E-state index in [0.717, 1.165) is 38.3 Å². The summed E-state index contributed by atoms with van der Waals surface area (Å²) in [6.45, 7) is 6.29. The zero-order chi connectivity index (χ0) is 13.4. The summed E-state index contributed by atoms with van der Waals surface area (Å²) >= 11 is 0. The average molecular weight is 254 g/mol. The quantitative estimate of drug-likeness (QED) is 0.757. The molecule has 1 heterocycles. The lowest BCUT2D eigenvalue weighted by molar-refractivity contribution is -0.131. The highest BCUT2D eigenvalue weighted by Crippen LogP contribution is 2.22. The molecule has 2 atom stereocenters. The molecular formula is C15H30N2O. The van der Waals surface area contributed by atoms with E-state index in [-0.39, 0.29) is 0 Å². The Labute approximate surface area is 112 Å². The Balaban J connectivity index is 2.46. The van der Waals surface area contributed by atoms with Gasteiger partial charge in [0.25, 0.3) is 0 Å². The first kappa shape index (κ1) is 15.5. The van der Waals surface area contributed by atoms with E-state index in [1.807, 2.05) is 7.05 Å². The van der Waals surface area contributed by atoms with Crippen molar-refractivity contribution in [3.8, 4) is 0 Å². The Kier molecular flexibility index (Phi) is 7.33. The number of hydrogen-bond acceptors (Lipinski definition) is 2. The molecule has 1 saturated heterocycles. The van der Waals surface area contributed by atoms with Crippen LogP contribution in [0.1, 0.15) is 58.8 Å². The van der Waals surface area contributed by atoms with Crippen molar-refractivity contribution in [3.05, 3.63) is 0 Å². The molecule has 1 aliphatic heterocycles. The van der Waals surface area contributed by atoms with E-state index in [9.17, 15) is 4.79 Å². The first-order valence-corrected chi connectivity index (χ1v) is 7.66. The maximum absolute atomic E-state index is 12.1. The van der Waals surface area contributed by atoms with Crippen molar-refractivity contribution in [1.82, 2.24) is 10.2 Å². The number of amides is 1. The predicted octanol–water partition coefficient (Wildman–Crippen LogP) is 2.80. The molecule has 0 aromatic heterocycles. The number of likely N-dealkylation sites (N-methyl/N-ethyl adjacent to an activating group) is 1. The predicted molar refractivity (Wildman–Crippen MR) is 76.6 cm³/mol. The molecule has 1 rings (SSSR count). The minimum Gasteiger partial charge on any atom is -0.341 e. The maximum atomic E-state index is 12.1.